The Morgan fingerprint density at radius 1 is 1.31 bits per heavy atom. The highest BCUT2D eigenvalue weighted by atomic mass is 19.4. The molecule has 0 aromatic carbocycles. The molecule has 0 aliphatic carbocycles. The second kappa shape index (κ2) is 6.17. The molecule has 0 aromatic rings. The molecule has 0 aromatic heterocycles. The van der Waals surface area contributed by atoms with Crippen molar-refractivity contribution in [2.45, 2.75) is 6.36 Å². The average molecular weight is 200 g/mol. The number of hydrogen-bond acceptors (Lipinski definition) is 3. The molecule has 0 heterocycles. The van der Waals surface area contributed by atoms with Gasteiger partial charge in [-0.2, -0.15) is 0 Å². The van der Waals surface area contributed by atoms with Crippen LogP contribution in [-0.2, 0) is 4.74 Å². The van der Waals surface area contributed by atoms with Gasteiger partial charge in [0, 0.05) is 19.6 Å². The van der Waals surface area contributed by atoms with Gasteiger partial charge >= 0.3 is 6.36 Å². The largest absolute Gasteiger partial charge is 0.522 e. The summed E-state index contributed by atoms with van der Waals surface area (Å²) in [6, 6.07) is 0. The van der Waals surface area contributed by atoms with Gasteiger partial charge in [-0.25, -0.2) is 0 Å². The second-order valence-corrected chi connectivity index (χ2v) is 2.70. The smallest absolute Gasteiger partial charge is 0.318 e. The molecule has 0 saturated carbocycles. The van der Waals surface area contributed by atoms with E-state index in [4.69, 9.17) is 0 Å². The van der Waals surface area contributed by atoms with Gasteiger partial charge in [-0.3, -0.25) is 4.74 Å². The summed E-state index contributed by atoms with van der Waals surface area (Å²) in [5.74, 6) is 0. The summed E-state index contributed by atoms with van der Waals surface area (Å²) in [6.07, 6.45) is -4.51. The Kier molecular flexibility index (Phi) is 6.02. The first kappa shape index (κ1) is 12.7. The lowest BCUT2D eigenvalue weighted by molar-refractivity contribution is -0.324. The summed E-state index contributed by atoms with van der Waals surface area (Å²) in [6.45, 7) is 1.42. The number of likely N-dealkylation sites (N-methyl/N-ethyl adjacent to an activating group) is 2. The number of nitrogens with one attached hydrogen (secondary N) is 1. The van der Waals surface area contributed by atoms with Crippen molar-refractivity contribution in [1.29, 1.82) is 0 Å². The fourth-order valence-corrected chi connectivity index (χ4v) is 0.732. The van der Waals surface area contributed by atoms with Crippen molar-refractivity contribution < 1.29 is 17.9 Å². The zero-order chi connectivity index (χ0) is 10.3. The van der Waals surface area contributed by atoms with Crippen molar-refractivity contribution in [1.82, 2.24) is 10.2 Å². The van der Waals surface area contributed by atoms with E-state index in [0.717, 1.165) is 6.54 Å². The average Bonchev–Trinajstić information content (AvgIpc) is 1.98. The Bertz CT molecular complexity index is 129. The second-order valence-electron chi connectivity index (χ2n) is 2.70. The summed E-state index contributed by atoms with van der Waals surface area (Å²) in [5, 5.41) is 2.90. The maximum absolute atomic E-state index is 11.5. The molecular formula is C7H15F3N2O. The Labute approximate surface area is 75.8 Å². The maximum atomic E-state index is 11.5. The van der Waals surface area contributed by atoms with Gasteiger partial charge in [0.1, 0.15) is 0 Å². The first-order chi connectivity index (χ1) is 5.95. The number of rotatable bonds is 6. The van der Waals surface area contributed by atoms with Gasteiger partial charge in [0.2, 0.25) is 0 Å². The third-order valence-corrected chi connectivity index (χ3v) is 1.48. The number of nitrogens with zero attached hydrogens (tertiary/aromatic N) is 1. The van der Waals surface area contributed by atoms with E-state index >= 15 is 0 Å². The van der Waals surface area contributed by atoms with Crippen LogP contribution in [0.25, 0.3) is 0 Å². The molecule has 0 bridgehead atoms. The van der Waals surface area contributed by atoms with Crippen molar-refractivity contribution in [3.8, 4) is 0 Å². The standard InChI is InChI=1S/C7H15F3N2O/c1-11-3-4-12(2)5-6-13-7(8,9)10/h11H,3-6H2,1-2H3. The Hall–Kier alpha value is -0.330. The lowest BCUT2D eigenvalue weighted by atomic mass is 10.5. The van der Waals surface area contributed by atoms with Crippen molar-refractivity contribution in [2.75, 3.05) is 40.3 Å². The molecular weight excluding hydrogens is 185 g/mol. The number of ether oxygens (including phenoxy) is 1. The summed E-state index contributed by atoms with van der Waals surface area (Å²) in [5.41, 5.74) is 0. The number of hydrogen-bond donors (Lipinski definition) is 1. The molecule has 6 heteroatoms. The topological polar surface area (TPSA) is 24.5 Å². The molecule has 13 heavy (non-hydrogen) atoms. The zero-order valence-electron chi connectivity index (χ0n) is 7.82. The monoisotopic (exact) mass is 200 g/mol. The van der Waals surface area contributed by atoms with Crippen LogP contribution < -0.4 is 5.32 Å². The van der Waals surface area contributed by atoms with E-state index in [-0.39, 0.29) is 13.2 Å². The van der Waals surface area contributed by atoms with Gasteiger partial charge in [-0.15, -0.1) is 13.2 Å². The minimum Gasteiger partial charge on any atom is -0.318 e. The minimum absolute atomic E-state index is 0.279. The first-order valence-corrected chi connectivity index (χ1v) is 3.99. The molecule has 0 saturated heterocycles. The van der Waals surface area contributed by atoms with Crippen LogP contribution in [0.15, 0.2) is 0 Å². The third-order valence-electron chi connectivity index (χ3n) is 1.48. The fraction of sp³-hybridized carbons (Fsp3) is 1.00. The quantitative estimate of drug-likeness (QED) is 0.682. The summed E-state index contributed by atoms with van der Waals surface area (Å²) < 4.78 is 38.1. The van der Waals surface area contributed by atoms with Crippen molar-refractivity contribution >= 4 is 0 Å². The van der Waals surface area contributed by atoms with Gasteiger partial charge in [0.25, 0.3) is 0 Å². The molecule has 0 aliphatic heterocycles. The highest BCUT2D eigenvalue weighted by Gasteiger charge is 2.28. The molecule has 0 aliphatic rings. The van der Waals surface area contributed by atoms with Crippen LogP contribution in [0.3, 0.4) is 0 Å². The summed E-state index contributed by atoms with van der Waals surface area (Å²) in [7, 11) is 3.54. The lowest BCUT2D eigenvalue weighted by Gasteiger charge is -2.16. The van der Waals surface area contributed by atoms with Gasteiger partial charge in [0.05, 0.1) is 6.61 Å². The summed E-state index contributed by atoms with van der Waals surface area (Å²) in [4.78, 5) is 1.77. The third kappa shape index (κ3) is 9.59. The molecule has 80 valence electrons. The Morgan fingerprint density at radius 3 is 2.38 bits per heavy atom. The van der Waals surface area contributed by atoms with E-state index in [1.807, 2.05) is 0 Å². The van der Waals surface area contributed by atoms with Crippen LogP contribution in [-0.4, -0.2) is 51.6 Å². The highest BCUT2D eigenvalue weighted by molar-refractivity contribution is 4.51. The van der Waals surface area contributed by atoms with Crippen molar-refractivity contribution in [3.05, 3.63) is 0 Å². The number of alkyl halides is 3. The van der Waals surface area contributed by atoms with E-state index in [0.29, 0.717) is 6.54 Å². The maximum Gasteiger partial charge on any atom is 0.522 e. The SMILES string of the molecule is CNCCN(C)CCOC(F)(F)F. The van der Waals surface area contributed by atoms with Crippen LogP contribution in [0.2, 0.25) is 0 Å². The number of halogens is 3. The van der Waals surface area contributed by atoms with Gasteiger partial charge in [0.15, 0.2) is 0 Å². The first-order valence-electron chi connectivity index (χ1n) is 3.99. The van der Waals surface area contributed by atoms with Gasteiger partial charge in [-0.05, 0) is 14.1 Å². The molecule has 3 nitrogen and oxygen atoms in total. The molecule has 0 unspecified atom stereocenters. The van der Waals surface area contributed by atoms with Crippen molar-refractivity contribution in [2.24, 2.45) is 0 Å². The van der Waals surface area contributed by atoms with E-state index in [2.05, 4.69) is 10.1 Å². The van der Waals surface area contributed by atoms with Crippen LogP contribution in [0.5, 0.6) is 0 Å². The van der Waals surface area contributed by atoms with Gasteiger partial charge in [-0.1, -0.05) is 0 Å². The highest BCUT2D eigenvalue weighted by Crippen LogP contribution is 2.15. The van der Waals surface area contributed by atoms with Crippen LogP contribution in [0.1, 0.15) is 0 Å². The molecule has 0 fully saturated rings. The normalized spacial score (nSPS) is 12.5. The van der Waals surface area contributed by atoms with E-state index < -0.39 is 6.36 Å². The van der Waals surface area contributed by atoms with E-state index in [9.17, 15) is 13.2 Å². The predicted octanol–water partition coefficient (Wildman–Crippen LogP) is 0.674. The molecule has 0 atom stereocenters. The van der Waals surface area contributed by atoms with Crippen molar-refractivity contribution in [3.63, 3.8) is 0 Å². The Balaban J connectivity index is 3.31. The Morgan fingerprint density at radius 2 is 1.92 bits per heavy atom. The molecule has 0 spiro atoms. The molecule has 1 N–H and O–H groups in total. The lowest BCUT2D eigenvalue weighted by Crippen LogP contribution is -2.31. The van der Waals surface area contributed by atoms with E-state index in [1.54, 1.807) is 19.0 Å². The fourth-order valence-electron chi connectivity index (χ4n) is 0.732. The molecule has 0 rings (SSSR count). The molecule has 0 amide bonds. The van der Waals surface area contributed by atoms with E-state index in [1.165, 1.54) is 0 Å². The van der Waals surface area contributed by atoms with Crippen LogP contribution >= 0.6 is 0 Å². The summed E-state index contributed by atoms with van der Waals surface area (Å²) >= 11 is 0. The predicted molar refractivity (Wildman–Crippen MR) is 43.4 cm³/mol. The zero-order valence-corrected chi connectivity index (χ0v) is 7.82. The molecule has 0 radical (unpaired) electrons. The minimum atomic E-state index is -4.51. The van der Waals surface area contributed by atoms with Crippen LogP contribution in [0.4, 0.5) is 13.2 Å². The van der Waals surface area contributed by atoms with Crippen LogP contribution in [0, 0.1) is 0 Å². The van der Waals surface area contributed by atoms with Gasteiger partial charge < -0.3 is 10.2 Å².